The molecule has 0 aliphatic rings. The lowest BCUT2D eigenvalue weighted by atomic mass is 10.3. The van der Waals surface area contributed by atoms with Crippen LogP contribution in [-0.2, 0) is 4.79 Å². The lowest BCUT2D eigenvalue weighted by Crippen LogP contribution is -2.22. The number of hydrogen-bond acceptors (Lipinski definition) is 6. The van der Waals surface area contributed by atoms with Gasteiger partial charge in [-0.2, -0.15) is 0 Å². The van der Waals surface area contributed by atoms with Gasteiger partial charge in [0.25, 0.3) is 11.1 Å². The van der Waals surface area contributed by atoms with Crippen LogP contribution in [-0.4, -0.2) is 21.4 Å². The molecule has 0 saturated heterocycles. The Kier molecular flexibility index (Phi) is 4.82. The zero-order valence-corrected chi connectivity index (χ0v) is 14.4. The fraction of sp³-hybridized carbons (Fsp3) is 0.133. The number of carbonyl (C=O) groups excluding carboxylic acids is 1. The topological polar surface area (TPSA) is 81.2 Å². The van der Waals surface area contributed by atoms with Crippen LogP contribution in [0.2, 0.25) is 0 Å². The molecular weight excluding hydrogens is 382 g/mol. The highest BCUT2D eigenvalue weighted by molar-refractivity contribution is 9.10. The van der Waals surface area contributed by atoms with E-state index in [4.69, 9.17) is 8.83 Å². The van der Waals surface area contributed by atoms with E-state index in [0.29, 0.717) is 11.0 Å². The SMILES string of the molecule is C[C@@H](Sc1nnc(-c2ccco2)o1)C(=O)Nc1cccc(Br)c1. The number of anilines is 1. The fourth-order valence-corrected chi connectivity index (χ4v) is 2.85. The second kappa shape index (κ2) is 7.01. The molecule has 0 saturated carbocycles. The predicted molar refractivity (Wildman–Crippen MR) is 90.1 cm³/mol. The third-order valence-corrected chi connectivity index (χ3v) is 4.30. The summed E-state index contributed by atoms with van der Waals surface area (Å²) in [7, 11) is 0. The Labute approximate surface area is 144 Å². The minimum absolute atomic E-state index is 0.147. The minimum Gasteiger partial charge on any atom is -0.459 e. The van der Waals surface area contributed by atoms with E-state index < -0.39 is 0 Å². The smallest absolute Gasteiger partial charge is 0.284 e. The van der Waals surface area contributed by atoms with Gasteiger partial charge in [0.15, 0.2) is 5.76 Å². The van der Waals surface area contributed by atoms with Gasteiger partial charge in [0.1, 0.15) is 0 Å². The monoisotopic (exact) mass is 393 g/mol. The molecule has 23 heavy (non-hydrogen) atoms. The second-order valence-electron chi connectivity index (χ2n) is 4.61. The van der Waals surface area contributed by atoms with Crippen LogP contribution < -0.4 is 5.32 Å². The standard InChI is InChI=1S/C15H12BrN3O3S/c1-9(13(20)17-11-5-2-4-10(16)8-11)23-15-19-18-14(22-15)12-6-3-7-21-12/h2-9H,1H3,(H,17,20)/t9-/m1/s1. The first-order valence-corrected chi connectivity index (χ1v) is 8.39. The molecule has 6 nitrogen and oxygen atoms in total. The molecule has 3 aromatic rings. The lowest BCUT2D eigenvalue weighted by Gasteiger charge is -2.09. The molecule has 3 rings (SSSR count). The van der Waals surface area contributed by atoms with Crippen LogP contribution in [0.4, 0.5) is 5.69 Å². The Morgan fingerprint density at radius 1 is 1.30 bits per heavy atom. The van der Waals surface area contributed by atoms with E-state index in [-0.39, 0.29) is 17.0 Å². The maximum absolute atomic E-state index is 12.2. The van der Waals surface area contributed by atoms with Gasteiger partial charge in [0, 0.05) is 10.2 Å². The van der Waals surface area contributed by atoms with Crippen molar-refractivity contribution in [1.29, 1.82) is 0 Å². The van der Waals surface area contributed by atoms with E-state index in [1.54, 1.807) is 19.1 Å². The fourth-order valence-electron chi connectivity index (χ4n) is 1.77. The van der Waals surface area contributed by atoms with Gasteiger partial charge in [-0.15, -0.1) is 10.2 Å². The number of aromatic nitrogens is 2. The summed E-state index contributed by atoms with van der Waals surface area (Å²) in [6.45, 7) is 1.77. The number of carbonyl (C=O) groups is 1. The molecule has 2 heterocycles. The summed E-state index contributed by atoms with van der Waals surface area (Å²) < 4.78 is 11.6. The molecule has 1 N–H and O–H groups in total. The van der Waals surface area contributed by atoms with E-state index in [0.717, 1.165) is 10.2 Å². The van der Waals surface area contributed by atoms with Crippen LogP contribution in [0.25, 0.3) is 11.7 Å². The summed E-state index contributed by atoms with van der Waals surface area (Å²) in [5.41, 5.74) is 0.721. The zero-order chi connectivity index (χ0) is 16.2. The van der Waals surface area contributed by atoms with Crippen LogP contribution in [0.5, 0.6) is 0 Å². The number of rotatable bonds is 5. The van der Waals surface area contributed by atoms with Gasteiger partial charge in [0.2, 0.25) is 5.91 Å². The summed E-state index contributed by atoms with van der Waals surface area (Å²) in [6, 6.07) is 10.9. The van der Waals surface area contributed by atoms with Crippen molar-refractivity contribution in [3.8, 4) is 11.7 Å². The molecule has 0 aliphatic carbocycles. The number of benzene rings is 1. The molecule has 0 radical (unpaired) electrons. The quantitative estimate of drug-likeness (QED) is 0.653. The van der Waals surface area contributed by atoms with E-state index in [1.165, 1.54) is 18.0 Å². The highest BCUT2D eigenvalue weighted by Crippen LogP contribution is 2.27. The molecule has 0 bridgehead atoms. The Morgan fingerprint density at radius 3 is 2.91 bits per heavy atom. The van der Waals surface area contributed by atoms with Crippen LogP contribution in [0, 0.1) is 0 Å². The third kappa shape index (κ3) is 4.02. The van der Waals surface area contributed by atoms with Gasteiger partial charge in [0.05, 0.1) is 11.5 Å². The Bertz CT molecular complexity index is 804. The van der Waals surface area contributed by atoms with Crippen LogP contribution in [0.15, 0.2) is 61.2 Å². The van der Waals surface area contributed by atoms with Crippen molar-refractivity contribution in [2.24, 2.45) is 0 Å². The van der Waals surface area contributed by atoms with Crippen molar-refractivity contribution in [2.45, 2.75) is 17.4 Å². The van der Waals surface area contributed by atoms with Crippen LogP contribution in [0.1, 0.15) is 6.92 Å². The van der Waals surface area contributed by atoms with Gasteiger partial charge < -0.3 is 14.2 Å². The van der Waals surface area contributed by atoms with Gasteiger partial charge in [-0.3, -0.25) is 4.79 Å². The van der Waals surface area contributed by atoms with Gasteiger partial charge in [-0.05, 0) is 37.3 Å². The molecule has 0 fully saturated rings. The van der Waals surface area contributed by atoms with Crippen molar-refractivity contribution >= 4 is 39.3 Å². The maximum Gasteiger partial charge on any atom is 0.284 e. The van der Waals surface area contributed by atoms with E-state index >= 15 is 0 Å². The summed E-state index contributed by atoms with van der Waals surface area (Å²) in [6.07, 6.45) is 1.53. The molecule has 0 aliphatic heterocycles. The number of nitrogens with zero attached hydrogens (tertiary/aromatic N) is 2. The summed E-state index contributed by atoms with van der Waals surface area (Å²) in [4.78, 5) is 12.2. The number of furan rings is 1. The van der Waals surface area contributed by atoms with Crippen molar-refractivity contribution in [3.05, 3.63) is 47.1 Å². The number of halogens is 1. The van der Waals surface area contributed by atoms with E-state index in [1.807, 2.05) is 24.3 Å². The summed E-state index contributed by atoms with van der Waals surface area (Å²) in [5.74, 6) is 0.638. The molecule has 118 valence electrons. The maximum atomic E-state index is 12.2. The number of nitrogens with one attached hydrogen (secondary N) is 1. The van der Waals surface area contributed by atoms with E-state index in [2.05, 4.69) is 31.4 Å². The second-order valence-corrected chi connectivity index (χ2v) is 6.82. The Morgan fingerprint density at radius 2 is 2.17 bits per heavy atom. The number of thioether (sulfide) groups is 1. The van der Waals surface area contributed by atoms with Crippen LogP contribution in [0.3, 0.4) is 0 Å². The third-order valence-electron chi connectivity index (χ3n) is 2.88. The van der Waals surface area contributed by atoms with Crippen molar-refractivity contribution < 1.29 is 13.6 Å². The molecular formula is C15H12BrN3O3S. The highest BCUT2D eigenvalue weighted by atomic mass is 79.9. The Balaban J connectivity index is 1.62. The molecule has 8 heteroatoms. The normalized spacial score (nSPS) is 12.1. The van der Waals surface area contributed by atoms with Gasteiger partial charge in [-0.1, -0.05) is 33.8 Å². The summed E-state index contributed by atoms with van der Waals surface area (Å²) in [5, 5.41) is 10.6. The van der Waals surface area contributed by atoms with E-state index in [9.17, 15) is 4.79 Å². The molecule has 0 spiro atoms. The molecule has 1 amide bonds. The molecule has 2 aromatic heterocycles. The van der Waals surface area contributed by atoms with Crippen LogP contribution >= 0.6 is 27.7 Å². The Hall–Kier alpha value is -2.06. The number of hydrogen-bond donors (Lipinski definition) is 1. The predicted octanol–water partition coefficient (Wildman–Crippen LogP) is 4.21. The van der Waals surface area contributed by atoms with Crippen molar-refractivity contribution in [2.75, 3.05) is 5.32 Å². The first-order chi connectivity index (χ1) is 11.1. The average Bonchev–Trinajstić information content (AvgIpc) is 3.17. The summed E-state index contributed by atoms with van der Waals surface area (Å²) >= 11 is 4.55. The molecule has 0 unspecified atom stereocenters. The lowest BCUT2D eigenvalue weighted by molar-refractivity contribution is -0.115. The average molecular weight is 394 g/mol. The van der Waals surface area contributed by atoms with Gasteiger partial charge in [-0.25, -0.2) is 0 Å². The van der Waals surface area contributed by atoms with Crippen molar-refractivity contribution in [1.82, 2.24) is 10.2 Å². The van der Waals surface area contributed by atoms with Gasteiger partial charge >= 0.3 is 0 Å². The molecule has 1 aromatic carbocycles. The number of amides is 1. The molecule has 1 atom stereocenters. The minimum atomic E-state index is -0.390. The van der Waals surface area contributed by atoms with Crippen molar-refractivity contribution in [3.63, 3.8) is 0 Å². The first kappa shape index (κ1) is 15.8. The zero-order valence-electron chi connectivity index (χ0n) is 12.0. The highest BCUT2D eigenvalue weighted by Gasteiger charge is 2.19. The largest absolute Gasteiger partial charge is 0.459 e. The first-order valence-electron chi connectivity index (χ1n) is 6.72.